The SMILES string of the molecule is COc1cc(OC)c(OC)cc1CNC(=O)c1cc(Cl)c(N)cc1OC.Cl. The van der Waals surface area contributed by atoms with Gasteiger partial charge in [-0.3, -0.25) is 4.79 Å². The van der Waals surface area contributed by atoms with Crippen molar-refractivity contribution in [3.8, 4) is 23.0 Å². The second kappa shape index (κ2) is 9.99. The number of amides is 1. The van der Waals surface area contributed by atoms with Gasteiger partial charge in [0, 0.05) is 24.2 Å². The van der Waals surface area contributed by atoms with E-state index in [4.69, 9.17) is 36.3 Å². The molecule has 0 aliphatic heterocycles. The number of carbonyl (C=O) groups is 1. The van der Waals surface area contributed by atoms with Gasteiger partial charge in [0.2, 0.25) is 0 Å². The Bertz CT molecular complexity index is 815. The van der Waals surface area contributed by atoms with Gasteiger partial charge in [-0.2, -0.15) is 0 Å². The molecule has 7 nitrogen and oxygen atoms in total. The topological polar surface area (TPSA) is 92.0 Å². The molecule has 2 aromatic rings. The van der Waals surface area contributed by atoms with Crippen LogP contribution in [0.4, 0.5) is 5.69 Å². The number of nitrogens with two attached hydrogens (primary N) is 1. The molecule has 1 amide bonds. The molecular weight excluding hydrogens is 395 g/mol. The van der Waals surface area contributed by atoms with Crippen LogP contribution in [-0.2, 0) is 6.54 Å². The van der Waals surface area contributed by atoms with Crippen molar-refractivity contribution in [3.63, 3.8) is 0 Å². The molecule has 0 atom stereocenters. The molecule has 27 heavy (non-hydrogen) atoms. The molecule has 0 saturated carbocycles. The van der Waals surface area contributed by atoms with Crippen LogP contribution in [0.1, 0.15) is 15.9 Å². The first-order chi connectivity index (χ1) is 12.4. The lowest BCUT2D eigenvalue weighted by molar-refractivity contribution is 0.0947. The number of carbonyl (C=O) groups excluding carboxylic acids is 1. The maximum atomic E-state index is 12.6. The van der Waals surface area contributed by atoms with Gasteiger partial charge in [-0.25, -0.2) is 0 Å². The Labute approximate surface area is 169 Å². The highest BCUT2D eigenvalue weighted by Gasteiger charge is 2.17. The summed E-state index contributed by atoms with van der Waals surface area (Å²) < 4.78 is 21.1. The van der Waals surface area contributed by atoms with Crippen molar-refractivity contribution in [2.24, 2.45) is 0 Å². The molecule has 0 saturated heterocycles. The maximum absolute atomic E-state index is 12.6. The number of benzene rings is 2. The standard InChI is InChI=1S/C18H21ClN2O5.ClH/c1-23-14-8-17(26-4)16(25-3)5-10(14)9-21-18(22)11-6-12(19)13(20)7-15(11)24-2;/h5-8H,9,20H2,1-4H3,(H,21,22);1H. The maximum Gasteiger partial charge on any atom is 0.255 e. The smallest absolute Gasteiger partial charge is 0.255 e. The van der Waals surface area contributed by atoms with E-state index < -0.39 is 0 Å². The number of nitrogen functional groups attached to an aromatic ring is 1. The summed E-state index contributed by atoms with van der Waals surface area (Å²) in [4.78, 5) is 12.6. The Kier molecular flexibility index (Phi) is 8.33. The molecule has 0 radical (unpaired) electrons. The van der Waals surface area contributed by atoms with Gasteiger partial charge in [-0.1, -0.05) is 11.6 Å². The summed E-state index contributed by atoms with van der Waals surface area (Å²) in [7, 11) is 6.07. The zero-order chi connectivity index (χ0) is 19.3. The minimum Gasteiger partial charge on any atom is -0.496 e. The zero-order valence-corrected chi connectivity index (χ0v) is 17.0. The van der Waals surface area contributed by atoms with Gasteiger partial charge in [-0.15, -0.1) is 12.4 Å². The van der Waals surface area contributed by atoms with Crippen molar-refractivity contribution in [3.05, 3.63) is 40.4 Å². The summed E-state index contributed by atoms with van der Waals surface area (Å²) in [6.07, 6.45) is 0. The van der Waals surface area contributed by atoms with Crippen LogP contribution in [0.3, 0.4) is 0 Å². The Morgan fingerprint density at radius 3 is 2.04 bits per heavy atom. The Morgan fingerprint density at radius 1 is 0.926 bits per heavy atom. The summed E-state index contributed by atoms with van der Waals surface area (Å²) >= 11 is 6.01. The predicted octanol–water partition coefficient (Wildman–Crippen LogP) is 3.31. The molecule has 0 bridgehead atoms. The second-order valence-corrected chi connectivity index (χ2v) is 5.68. The van der Waals surface area contributed by atoms with E-state index in [0.717, 1.165) is 5.56 Å². The third-order valence-corrected chi connectivity index (χ3v) is 4.12. The van der Waals surface area contributed by atoms with Gasteiger partial charge in [0.25, 0.3) is 5.91 Å². The molecule has 2 aromatic carbocycles. The van der Waals surface area contributed by atoms with Crippen molar-refractivity contribution in [2.75, 3.05) is 34.2 Å². The summed E-state index contributed by atoms with van der Waals surface area (Å²) in [5.74, 6) is 1.60. The Balaban J connectivity index is 0.00000364. The molecule has 0 fully saturated rings. The molecule has 0 aromatic heterocycles. The van der Waals surface area contributed by atoms with E-state index >= 15 is 0 Å². The van der Waals surface area contributed by atoms with Gasteiger partial charge >= 0.3 is 0 Å². The summed E-state index contributed by atoms with van der Waals surface area (Å²) in [6.45, 7) is 0.202. The van der Waals surface area contributed by atoms with E-state index in [1.54, 1.807) is 12.1 Å². The van der Waals surface area contributed by atoms with E-state index in [2.05, 4.69) is 5.32 Å². The molecule has 9 heteroatoms. The number of rotatable bonds is 7. The summed E-state index contributed by atoms with van der Waals surface area (Å²) in [5.41, 5.74) is 7.08. The van der Waals surface area contributed by atoms with E-state index in [1.165, 1.54) is 40.6 Å². The van der Waals surface area contributed by atoms with Crippen LogP contribution in [0.2, 0.25) is 5.02 Å². The van der Waals surface area contributed by atoms with Crippen molar-refractivity contribution in [2.45, 2.75) is 6.54 Å². The fraction of sp³-hybridized carbons (Fsp3) is 0.278. The normalized spacial score (nSPS) is 9.81. The average Bonchev–Trinajstić information content (AvgIpc) is 2.66. The molecular formula is C18H22Cl2N2O5. The van der Waals surface area contributed by atoms with Crippen molar-refractivity contribution in [1.29, 1.82) is 0 Å². The lowest BCUT2D eigenvalue weighted by atomic mass is 10.1. The summed E-state index contributed by atoms with van der Waals surface area (Å²) in [5, 5.41) is 3.08. The lowest BCUT2D eigenvalue weighted by Gasteiger charge is -2.15. The number of anilines is 1. The van der Waals surface area contributed by atoms with Crippen molar-refractivity contribution in [1.82, 2.24) is 5.32 Å². The van der Waals surface area contributed by atoms with E-state index in [0.29, 0.717) is 28.7 Å². The molecule has 0 heterocycles. The first-order valence-electron chi connectivity index (χ1n) is 7.65. The summed E-state index contributed by atoms with van der Waals surface area (Å²) in [6, 6.07) is 6.41. The number of hydrogen-bond donors (Lipinski definition) is 2. The highest BCUT2D eigenvalue weighted by Crippen LogP contribution is 2.35. The van der Waals surface area contributed by atoms with Crippen molar-refractivity contribution < 1.29 is 23.7 Å². The van der Waals surface area contributed by atoms with Gasteiger partial charge in [-0.05, 0) is 12.1 Å². The van der Waals surface area contributed by atoms with E-state index in [9.17, 15) is 4.79 Å². The Morgan fingerprint density at radius 2 is 1.48 bits per heavy atom. The van der Waals surface area contributed by atoms with Gasteiger partial charge < -0.3 is 30.0 Å². The van der Waals surface area contributed by atoms with Crippen LogP contribution in [0.15, 0.2) is 24.3 Å². The number of halogens is 2. The molecule has 0 spiro atoms. The number of methoxy groups -OCH3 is 4. The van der Waals surface area contributed by atoms with Gasteiger partial charge in [0.15, 0.2) is 11.5 Å². The van der Waals surface area contributed by atoms with Gasteiger partial charge in [0.05, 0.1) is 44.7 Å². The number of hydrogen-bond acceptors (Lipinski definition) is 6. The largest absolute Gasteiger partial charge is 0.496 e. The Hall–Kier alpha value is -2.51. The van der Waals surface area contributed by atoms with Gasteiger partial charge in [0.1, 0.15) is 11.5 Å². The van der Waals surface area contributed by atoms with Crippen LogP contribution in [0.5, 0.6) is 23.0 Å². The lowest BCUT2D eigenvalue weighted by Crippen LogP contribution is -2.23. The van der Waals surface area contributed by atoms with E-state index in [-0.39, 0.29) is 35.4 Å². The quantitative estimate of drug-likeness (QED) is 0.672. The number of nitrogens with one attached hydrogen (secondary N) is 1. The van der Waals surface area contributed by atoms with Crippen LogP contribution in [0, 0.1) is 0 Å². The van der Waals surface area contributed by atoms with E-state index in [1.807, 2.05) is 0 Å². The van der Waals surface area contributed by atoms with Crippen LogP contribution >= 0.6 is 24.0 Å². The number of ether oxygens (including phenoxy) is 4. The molecule has 0 aliphatic carbocycles. The fourth-order valence-corrected chi connectivity index (χ4v) is 2.58. The second-order valence-electron chi connectivity index (χ2n) is 5.28. The third kappa shape index (κ3) is 5.02. The monoisotopic (exact) mass is 416 g/mol. The molecule has 3 N–H and O–H groups in total. The first-order valence-corrected chi connectivity index (χ1v) is 8.03. The predicted molar refractivity (Wildman–Crippen MR) is 107 cm³/mol. The van der Waals surface area contributed by atoms with Crippen LogP contribution in [0.25, 0.3) is 0 Å². The molecule has 0 aliphatic rings. The first kappa shape index (κ1) is 22.5. The molecule has 148 valence electrons. The zero-order valence-electron chi connectivity index (χ0n) is 15.4. The fourth-order valence-electron chi connectivity index (χ4n) is 2.42. The third-order valence-electron chi connectivity index (χ3n) is 3.79. The highest BCUT2D eigenvalue weighted by atomic mass is 35.5. The van der Waals surface area contributed by atoms with Crippen molar-refractivity contribution >= 4 is 35.6 Å². The minimum absolute atomic E-state index is 0. The highest BCUT2D eigenvalue weighted by molar-refractivity contribution is 6.33. The molecule has 0 unspecified atom stereocenters. The minimum atomic E-state index is -0.361. The van der Waals surface area contributed by atoms with Crippen LogP contribution in [-0.4, -0.2) is 34.3 Å². The van der Waals surface area contributed by atoms with Crippen LogP contribution < -0.4 is 30.0 Å². The average molecular weight is 417 g/mol. The molecule has 2 rings (SSSR count).